The number of nitrogens with zero attached hydrogens (tertiary/aromatic N) is 2. The molecule has 2 bridgehead atoms. The molecule has 0 saturated carbocycles. The number of amides is 2. The maximum atomic E-state index is 12.1. The van der Waals surface area contributed by atoms with E-state index in [0.29, 0.717) is 19.6 Å². The number of hydroxylamine groups is 2. The second kappa shape index (κ2) is 5.56. The van der Waals surface area contributed by atoms with Crippen molar-refractivity contribution in [2.75, 3.05) is 20.3 Å². The zero-order valence-corrected chi connectivity index (χ0v) is 10.9. The van der Waals surface area contributed by atoms with E-state index in [2.05, 4.69) is 6.92 Å². The Morgan fingerprint density at radius 1 is 1.44 bits per heavy atom. The van der Waals surface area contributed by atoms with Crippen molar-refractivity contribution in [1.82, 2.24) is 9.96 Å². The molecule has 0 aromatic heterocycles. The van der Waals surface area contributed by atoms with Gasteiger partial charge in [-0.3, -0.25) is 4.84 Å². The number of methoxy groups -OCH3 is 1. The number of fused-ring (bicyclic) bond motifs is 2. The summed E-state index contributed by atoms with van der Waals surface area (Å²) < 4.78 is 4.73. The van der Waals surface area contributed by atoms with Crippen LogP contribution in [0, 0.1) is 0 Å². The van der Waals surface area contributed by atoms with Gasteiger partial charge in [0.15, 0.2) is 0 Å². The van der Waals surface area contributed by atoms with Crippen molar-refractivity contribution >= 4 is 12.0 Å². The Balaban J connectivity index is 1.99. The fourth-order valence-electron chi connectivity index (χ4n) is 2.49. The van der Waals surface area contributed by atoms with Crippen LogP contribution in [0.1, 0.15) is 32.6 Å². The number of urea groups is 1. The number of ether oxygens (including phenoxy) is 1. The summed E-state index contributed by atoms with van der Waals surface area (Å²) in [6.07, 6.45) is 3.39. The molecule has 0 aromatic rings. The summed E-state index contributed by atoms with van der Waals surface area (Å²) in [5, 5.41) is 1.44. The summed E-state index contributed by atoms with van der Waals surface area (Å²) in [7, 11) is 1.35. The molecule has 2 fully saturated rings. The predicted molar refractivity (Wildman–Crippen MR) is 63.6 cm³/mol. The van der Waals surface area contributed by atoms with Gasteiger partial charge < -0.3 is 9.64 Å². The Hall–Kier alpha value is -1.30. The highest BCUT2D eigenvalue weighted by Crippen LogP contribution is 2.30. The van der Waals surface area contributed by atoms with Crippen LogP contribution < -0.4 is 0 Å². The molecule has 2 aliphatic heterocycles. The molecule has 2 aliphatic rings. The number of hydrogen-bond donors (Lipinski definition) is 0. The van der Waals surface area contributed by atoms with Crippen LogP contribution in [0.5, 0.6) is 0 Å². The monoisotopic (exact) mass is 256 g/mol. The SMILES string of the molecule is CCCCON1C(=O)N2C[C@H]1CC[C@@H]2C(=O)OC. The van der Waals surface area contributed by atoms with Gasteiger partial charge in [0.2, 0.25) is 0 Å². The lowest BCUT2D eigenvalue weighted by molar-refractivity contribution is -0.146. The van der Waals surface area contributed by atoms with Gasteiger partial charge >= 0.3 is 12.0 Å². The van der Waals surface area contributed by atoms with Crippen molar-refractivity contribution in [2.45, 2.75) is 44.7 Å². The van der Waals surface area contributed by atoms with Gasteiger partial charge in [-0.1, -0.05) is 13.3 Å². The molecule has 0 unspecified atom stereocenters. The molecular formula is C12H20N2O4. The number of rotatable bonds is 5. The second-order valence-corrected chi connectivity index (χ2v) is 4.72. The lowest BCUT2D eigenvalue weighted by Gasteiger charge is -2.27. The van der Waals surface area contributed by atoms with Crippen molar-refractivity contribution in [2.24, 2.45) is 0 Å². The Bertz CT molecular complexity index is 334. The summed E-state index contributed by atoms with van der Waals surface area (Å²) in [5.41, 5.74) is 0. The first-order valence-corrected chi connectivity index (χ1v) is 6.49. The van der Waals surface area contributed by atoms with Crippen molar-refractivity contribution in [3.05, 3.63) is 0 Å². The lowest BCUT2D eigenvalue weighted by Crippen LogP contribution is -2.45. The van der Waals surface area contributed by atoms with Crippen molar-refractivity contribution in [3.8, 4) is 0 Å². The summed E-state index contributed by atoms with van der Waals surface area (Å²) in [5.74, 6) is -0.336. The highest BCUT2D eigenvalue weighted by atomic mass is 16.7. The lowest BCUT2D eigenvalue weighted by atomic mass is 10.0. The molecule has 2 rings (SSSR count). The summed E-state index contributed by atoms with van der Waals surface area (Å²) in [6, 6.07) is -0.571. The van der Waals surface area contributed by atoms with Gasteiger partial charge in [0.1, 0.15) is 6.04 Å². The van der Waals surface area contributed by atoms with Crippen LogP contribution in [0.2, 0.25) is 0 Å². The van der Waals surface area contributed by atoms with E-state index in [-0.39, 0.29) is 18.0 Å². The van der Waals surface area contributed by atoms with E-state index in [4.69, 9.17) is 9.57 Å². The van der Waals surface area contributed by atoms with Crippen LogP contribution >= 0.6 is 0 Å². The Labute approximate surface area is 107 Å². The molecule has 18 heavy (non-hydrogen) atoms. The van der Waals surface area contributed by atoms with Gasteiger partial charge in [-0.15, -0.1) is 0 Å². The third-order valence-corrected chi connectivity index (χ3v) is 3.52. The standard InChI is InChI=1S/C12H20N2O4/c1-3-4-7-18-14-9-5-6-10(11(15)17-2)13(8-9)12(14)16/h9-10H,3-8H2,1-2H3/t9-,10-/m1/s1. The first kappa shape index (κ1) is 13.1. The molecular weight excluding hydrogens is 236 g/mol. The van der Waals surface area contributed by atoms with E-state index < -0.39 is 6.04 Å². The van der Waals surface area contributed by atoms with E-state index in [1.54, 1.807) is 4.90 Å². The number of esters is 1. The Morgan fingerprint density at radius 3 is 2.89 bits per heavy atom. The van der Waals surface area contributed by atoms with E-state index in [9.17, 15) is 9.59 Å². The minimum Gasteiger partial charge on any atom is -0.467 e. The Kier molecular flexibility index (Phi) is 4.06. The van der Waals surface area contributed by atoms with E-state index in [1.807, 2.05) is 0 Å². The fourth-order valence-corrected chi connectivity index (χ4v) is 2.49. The minimum atomic E-state index is -0.446. The Morgan fingerprint density at radius 2 is 2.22 bits per heavy atom. The maximum Gasteiger partial charge on any atom is 0.345 e. The summed E-state index contributed by atoms with van der Waals surface area (Å²) in [6.45, 7) is 3.19. The maximum absolute atomic E-state index is 12.1. The number of carbonyl (C=O) groups is 2. The molecule has 102 valence electrons. The average Bonchev–Trinajstić information content (AvgIpc) is 2.63. The van der Waals surface area contributed by atoms with Crippen LogP contribution in [-0.4, -0.2) is 54.3 Å². The molecule has 2 saturated heterocycles. The van der Waals surface area contributed by atoms with Crippen LogP contribution in [0.4, 0.5) is 4.79 Å². The largest absolute Gasteiger partial charge is 0.467 e. The summed E-state index contributed by atoms with van der Waals surface area (Å²) in [4.78, 5) is 30.8. The molecule has 6 nitrogen and oxygen atoms in total. The number of hydrogen-bond acceptors (Lipinski definition) is 4. The van der Waals surface area contributed by atoms with E-state index in [0.717, 1.165) is 19.3 Å². The number of carbonyl (C=O) groups excluding carboxylic acids is 2. The summed E-state index contributed by atoms with van der Waals surface area (Å²) >= 11 is 0. The minimum absolute atomic E-state index is 0.0789. The molecule has 0 N–H and O–H groups in total. The van der Waals surface area contributed by atoms with Crippen LogP contribution in [0.3, 0.4) is 0 Å². The van der Waals surface area contributed by atoms with E-state index >= 15 is 0 Å². The van der Waals surface area contributed by atoms with Gasteiger partial charge in [-0.25, -0.2) is 9.59 Å². The molecule has 2 amide bonds. The third kappa shape index (κ3) is 2.29. The topological polar surface area (TPSA) is 59.1 Å². The van der Waals surface area contributed by atoms with Crippen molar-refractivity contribution in [1.29, 1.82) is 0 Å². The van der Waals surface area contributed by atoms with E-state index in [1.165, 1.54) is 12.2 Å². The third-order valence-electron chi connectivity index (χ3n) is 3.52. The van der Waals surface area contributed by atoms with Gasteiger partial charge in [0.25, 0.3) is 0 Å². The van der Waals surface area contributed by atoms with Crippen LogP contribution in [0.25, 0.3) is 0 Å². The number of piperidine rings is 1. The molecule has 6 heteroatoms. The smallest absolute Gasteiger partial charge is 0.345 e. The fraction of sp³-hybridized carbons (Fsp3) is 0.833. The number of unbranched alkanes of at least 4 members (excludes halogenated alkanes) is 1. The van der Waals surface area contributed by atoms with Crippen molar-refractivity contribution < 1.29 is 19.2 Å². The second-order valence-electron chi connectivity index (χ2n) is 4.72. The molecule has 2 heterocycles. The first-order valence-electron chi connectivity index (χ1n) is 6.49. The first-order chi connectivity index (χ1) is 8.69. The van der Waals surface area contributed by atoms with Gasteiger partial charge in [-0.2, -0.15) is 5.06 Å². The highest BCUT2D eigenvalue weighted by Gasteiger charge is 2.48. The average molecular weight is 256 g/mol. The molecule has 2 atom stereocenters. The molecule has 0 spiro atoms. The zero-order chi connectivity index (χ0) is 13.1. The molecule has 0 radical (unpaired) electrons. The zero-order valence-electron chi connectivity index (χ0n) is 10.9. The highest BCUT2D eigenvalue weighted by molar-refractivity contribution is 5.85. The van der Waals surface area contributed by atoms with Gasteiger partial charge in [0.05, 0.1) is 19.8 Å². The normalized spacial score (nSPS) is 26.7. The van der Waals surface area contributed by atoms with Crippen LogP contribution in [0.15, 0.2) is 0 Å². The molecule has 0 aromatic carbocycles. The predicted octanol–water partition coefficient (Wildman–Crippen LogP) is 1.16. The molecule has 0 aliphatic carbocycles. The van der Waals surface area contributed by atoms with Crippen LogP contribution in [-0.2, 0) is 14.4 Å². The van der Waals surface area contributed by atoms with Gasteiger partial charge in [0, 0.05) is 6.54 Å². The van der Waals surface area contributed by atoms with Gasteiger partial charge in [-0.05, 0) is 19.3 Å². The quantitative estimate of drug-likeness (QED) is 0.547. The van der Waals surface area contributed by atoms with Crippen molar-refractivity contribution in [3.63, 3.8) is 0 Å².